The number of carbonyl (C=O) groups excluding carboxylic acids is 1. The Hall–Kier alpha value is -0.950. The van der Waals surface area contributed by atoms with Crippen LogP contribution in [-0.4, -0.2) is 77.7 Å². The maximum Gasteiger partial charge on any atom is 0.326 e. The smallest absolute Gasteiger partial charge is 0.326 e. The summed E-state index contributed by atoms with van der Waals surface area (Å²) < 4.78 is 0. The van der Waals surface area contributed by atoms with Crippen molar-refractivity contribution in [3.63, 3.8) is 0 Å². The first kappa shape index (κ1) is 16.1. The largest absolute Gasteiger partial charge is 0.480 e. The highest BCUT2D eigenvalue weighted by atomic mass is 32.2. The van der Waals surface area contributed by atoms with Gasteiger partial charge in [0.2, 0.25) is 0 Å². The van der Waals surface area contributed by atoms with Crippen molar-refractivity contribution in [1.82, 2.24) is 15.1 Å². The van der Waals surface area contributed by atoms with Gasteiger partial charge in [-0.25, -0.2) is 9.59 Å². The zero-order valence-electron chi connectivity index (χ0n) is 11.8. The Morgan fingerprint density at radius 3 is 2.68 bits per heavy atom. The molecule has 0 aromatic rings. The van der Waals surface area contributed by atoms with Crippen molar-refractivity contribution in [3.05, 3.63) is 0 Å². The predicted molar refractivity (Wildman–Crippen MR) is 76.6 cm³/mol. The molecule has 7 heteroatoms. The molecule has 1 fully saturated rings. The van der Waals surface area contributed by atoms with Crippen molar-refractivity contribution < 1.29 is 14.7 Å². The molecule has 0 aromatic heterocycles. The summed E-state index contributed by atoms with van der Waals surface area (Å²) in [5, 5.41) is 11.7. The molecule has 0 aromatic carbocycles. The maximum absolute atomic E-state index is 12.1. The van der Waals surface area contributed by atoms with Crippen LogP contribution in [0.3, 0.4) is 0 Å². The average Bonchev–Trinajstić information content (AvgIpc) is 2.37. The lowest BCUT2D eigenvalue weighted by atomic mass is 10.2. The second-order valence-electron chi connectivity index (χ2n) is 4.90. The lowest BCUT2D eigenvalue weighted by molar-refractivity contribution is -0.139. The van der Waals surface area contributed by atoms with Crippen LogP contribution in [0.2, 0.25) is 0 Å². The van der Waals surface area contributed by atoms with Gasteiger partial charge in [-0.05, 0) is 32.4 Å². The minimum Gasteiger partial charge on any atom is -0.480 e. The van der Waals surface area contributed by atoms with Crippen molar-refractivity contribution >= 4 is 23.8 Å². The fourth-order valence-corrected chi connectivity index (χ4v) is 2.44. The van der Waals surface area contributed by atoms with Crippen LogP contribution in [0.1, 0.15) is 13.3 Å². The molecule has 110 valence electrons. The summed E-state index contributed by atoms with van der Waals surface area (Å²) in [6, 6.07) is -0.766. The Bertz CT molecular complexity index is 327. The van der Waals surface area contributed by atoms with Gasteiger partial charge in [0.1, 0.15) is 6.04 Å². The number of nitrogens with one attached hydrogen (secondary N) is 1. The number of aliphatic carboxylic acids is 1. The fraction of sp³-hybridized carbons (Fsp3) is 0.833. The molecule has 0 aliphatic carbocycles. The van der Waals surface area contributed by atoms with Crippen molar-refractivity contribution in [2.24, 2.45) is 0 Å². The Kier molecular flexibility index (Phi) is 6.44. The van der Waals surface area contributed by atoms with Crippen LogP contribution in [0.4, 0.5) is 4.79 Å². The highest BCUT2D eigenvalue weighted by Gasteiger charge is 2.27. The van der Waals surface area contributed by atoms with E-state index >= 15 is 0 Å². The fourth-order valence-electron chi connectivity index (χ4n) is 1.97. The minimum atomic E-state index is -0.968. The van der Waals surface area contributed by atoms with Gasteiger partial charge >= 0.3 is 12.0 Å². The van der Waals surface area contributed by atoms with Gasteiger partial charge in [0.05, 0.1) is 0 Å². The van der Waals surface area contributed by atoms with Crippen LogP contribution in [0.25, 0.3) is 0 Å². The Morgan fingerprint density at radius 2 is 2.16 bits per heavy atom. The van der Waals surface area contributed by atoms with Gasteiger partial charge in [-0.3, -0.25) is 0 Å². The molecule has 0 saturated carbocycles. The van der Waals surface area contributed by atoms with Gasteiger partial charge in [-0.2, -0.15) is 11.8 Å². The molecule has 1 rings (SSSR count). The first-order valence-corrected chi connectivity index (χ1v) is 7.82. The third kappa shape index (κ3) is 4.91. The van der Waals surface area contributed by atoms with Gasteiger partial charge in [0, 0.05) is 25.7 Å². The summed E-state index contributed by atoms with van der Waals surface area (Å²) in [6.07, 6.45) is 2.37. The normalized spacial score (nSPS) is 22.1. The van der Waals surface area contributed by atoms with Crippen LogP contribution in [0.5, 0.6) is 0 Å². The van der Waals surface area contributed by atoms with Crippen molar-refractivity contribution in [2.45, 2.75) is 25.4 Å². The van der Waals surface area contributed by atoms with E-state index in [-0.39, 0.29) is 6.03 Å². The molecular weight excluding hydrogens is 266 g/mol. The SMILES string of the molecule is CSCCC(NC(=O)N1CCN(C)C(C)C1)C(=O)O. The van der Waals surface area contributed by atoms with Gasteiger partial charge < -0.3 is 20.2 Å². The summed E-state index contributed by atoms with van der Waals surface area (Å²) in [5.41, 5.74) is 0. The summed E-state index contributed by atoms with van der Waals surface area (Å²) in [6.45, 7) is 4.15. The van der Waals surface area contributed by atoms with E-state index in [1.54, 1.807) is 16.7 Å². The molecule has 2 unspecified atom stereocenters. The average molecular weight is 289 g/mol. The summed E-state index contributed by atoms with van der Waals surface area (Å²) in [7, 11) is 2.03. The lowest BCUT2D eigenvalue weighted by Gasteiger charge is -2.38. The number of carboxylic acids is 1. The molecule has 2 atom stereocenters. The Labute approximate surface area is 118 Å². The van der Waals surface area contributed by atoms with E-state index in [0.717, 1.165) is 12.3 Å². The van der Waals surface area contributed by atoms with E-state index in [1.165, 1.54) is 0 Å². The zero-order valence-corrected chi connectivity index (χ0v) is 12.6. The molecule has 1 saturated heterocycles. The molecule has 2 amide bonds. The highest BCUT2D eigenvalue weighted by Crippen LogP contribution is 2.08. The van der Waals surface area contributed by atoms with E-state index in [4.69, 9.17) is 5.11 Å². The van der Waals surface area contributed by atoms with Crippen molar-refractivity contribution in [1.29, 1.82) is 0 Å². The molecule has 1 aliphatic rings. The van der Waals surface area contributed by atoms with Crippen LogP contribution in [0.15, 0.2) is 0 Å². The topological polar surface area (TPSA) is 72.9 Å². The number of nitrogens with zero attached hydrogens (tertiary/aromatic N) is 2. The van der Waals surface area contributed by atoms with Gasteiger partial charge in [0.25, 0.3) is 0 Å². The molecule has 19 heavy (non-hydrogen) atoms. The molecule has 0 radical (unpaired) electrons. The zero-order chi connectivity index (χ0) is 14.4. The van der Waals surface area contributed by atoms with E-state index < -0.39 is 12.0 Å². The number of urea groups is 1. The number of likely N-dealkylation sites (N-methyl/N-ethyl adjacent to an activating group) is 1. The lowest BCUT2D eigenvalue weighted by Crippen LogP contribution is -2.56. The van der Waals surface area contributed by atoms with Crippen LogP contribution < -0.4 is 5.32 Å². The number of piperazine rings is 1. The number of hydrogen-bond acceptors (Lipinski definition) is 4. The van der Waals surface area contributed by atoms with Gasteiger partial charge in [-0.1, -0.05) is 0 Å². The van der Waals surface area contributed by atoms with E-state index in [1.807, 2.05) is 13.3 Å². The molecule has 0 bridgehead atoms. The number of amides is 2. The monoisotopic (exact) mass is 289 g/mol. The van der Waals surface area contributed by atoms with Gasteiger partial charge in [-0.15, -0.1) is 0 Å². The second kappa shape index (κ2) is 7.59. The number of carboxylic acid groups (broad SMARTS) is 1. The van der Waals surface area contributed by atoms with Crippen molar-refractivity contribution in [2.75, 3.05) is 38.7 Å². The molecule has 1 heterocycles. The van der Waals surface area contributed by atoms with Crippen LogP contribution >= 0.6 is 11.8 Å². The third-order valence-corrected chi connectivity index (χ3v) is 4.10. The number of hydrogen-bond donors (Lipinski definition) is 2. The van der Waals surface area contributed by atoms with Gasteiger partial charge in [0.15, 0.2) is 0 Å². The minimum absolute atomic E-state index is 0.270. The van der Waals surface area contributed by atoms with E-state index in [9.17, 15) is 9.59 Å². The third-order valence-electron chi connectivity index (χ3n) is 3.45. The summed E-state index contributed by atoms with van der Waals surface area (Å²) in [5.74, 6) is -0.249. The van der Waals surface area contributed by atoms with Crippen LogP contribution in [0, 0.1) is 0 Å². The molecular formula is C12H23N3O3S. The number of rotatable bonds is 5. The number of thioether (sulfide) groups is 1. The number of carbonyl (C=O) groups is 2. The maximum atomic E-state index is 12.1. The second-order valence-corrected chi connectivity index (χ2v) is 5.88. The first-order chi connectivity index (χ1) is 8.95. The van der Waals surface area contributed by atoms with Crippen molar-refractivity contribution in [3.8, 4) is 0 Å². The standard InChI is InChI=1S/C12H23N3O3S/c1-9-8-15(6-5-14(9)2)12(18)13-10(11(16)17)4-7-19-3/h9-10H,4-8H2,1-3H3,(H,13,18)(H,16,17). The highest BCUT2D eigenvalue weighted by molar-refractivity contribution is 7.98. The first-order valence-electron chi connectivity index (χ1n) is 6.43. The Morgan fingerprint density at radius 1 is 1.47 bits per heavy atom. The van der Waals surface area contributed by atoms with E-state index in [2.05, 4.69) is 17.1 Å². The molecule has 2 N–H and O–H groups in total. The molecule has 6 nitrogen and oxygen atoms in total. The quantitative estimate of drug-likeness (QED) is 0.773. The summed E-state index contributed by atoms with van der Waals surface area (Å²) >= 11 is 1.58. The predicted octanol–water partition coefficient (Wildman–Crippen LogP) is 0.538. The molecule has 0 spiro atoms. The summed E-state index contributed by atoms with van der Waals surface area (Å²) in [4.78, 5) is 27.0. The molecule has 1 aliphatic heterocycles. The van der Waals surface area contributed by atoms with E-state index in [0.29, 0.717) is 25.6 Å². The van der Waals surface area contributed by atoms with Crippen LogP contribution in [-0.2, 0) is 4.79 Å². The Balaban J connectivity index is 2.50.